The van der Waals surface area contributed by atoms with Crippen molar-refractivity contribution in [3.05, 3.63) is 77.1 Å². The van der Waals surface area contributed by atoms with Crippen LogP contribution in [0.15, 0.2) is 54.6 Å². The Balaban J connectivity index is 1.83. The number of tetrazole rings is 1. The summed E-state index contributed by atoms with van der Waals surface area (Å²) in [5.41, 5.74) is 4.06. The molecule has 154 valence electrons. The van der Waals surface area contributed by atoms with Crippen molar-refractivity contribution < 1.29 is 4.90 Å². The van der Waals surface area contributed by atoms with Gasteiger partial charge in [0.1, 0.15) is 19.6 Å². The predicted octanol–water partition coefficient (Wildman–Crippen LogP) is 3.51. The van der Waals surface area contributed by atoms with E-state index in [1.54, 1.807) is 0 Å². The molecule has 0 aliphatic carbocycles. The maximum atomic E-state index is 4.33. The standard InChI is InChI=1S/C24H33N5/c1-23(2,3)21-14-12-20(13-15-21)17-28(16-19-10-8-7-9-11-19)18-22-25-26-27-29(22)24(4,5)6/h7-15H,16-18H2,1-6H3/p+1. The molecule has 29 heavy (non-hydrogen) atoms. The highest BCUT2D eigenvalue weighted by Crippen LogP contribution is 2.22. The Kier molecular flexibility index (Phi) is 6.18. The number of benzene rings is 2. The summed E-state index contributed by atoms with van der Waals surface area (Å²) in [4.78, 5) is 1.42. The van der Waals surface area contributed by atoms with E-state index in [0.717, 1.165) is 25.5 Å². The molecule has 3 aromatic rings. The quantitative estimate of drug-likeness (QED) is 0.698. The highest BCUT2D eigenvalue weighted by Gasteiger charge is 2.23. The molecule has 0 amide bonds. The molecular weight excluding hydrogens is 358 g/mol. The fraction of sp³-hybridized carbons (Fsp3) is 0.458. The number of hydrogen-bond donors (Lipinski definition) is 1. The molecule has 0 saturated heterocycles. The molecular formula is C24H34N5+. The van der Waals surface area contributed by atoms with E-state index in [4.69, 9.17) is 0 Å². The Labute approximate surface area is 174 Å². The molecule has 1 aromatic heterocycles. The number of hydrogen-bond acceptors (Lipinski definition) is 3. The summed E-state index contributed by atoms with van der Waals surface area (Å²) in [7, 11) is 0. The van der Waals surface area contributed by atoms with E-state index in [1.807, 2.05) is 4.68 Å². The van der Waals surface area contributed by atoms with E-state index in [1.165, 1.54) is 21.6 Å². The van der Waals surface area contributed by atoms with Gasteiger partial charge in [-0.25, -0.2) is 4.68 Å². The third-order valence-electron chi connectivity index (χ3n) is 5.15. The van der Waals surface area contributed by atoms with E-state index in [0.29, 0.717) is 0 Å². The van der Waals surface area contributed by atoms with Crippen LogP contribution in [-0.4, -0.2) is 20.2 Å². The monoisotopic (exact) mass is 392 g/mol. The molecule has 0 spiro atoms. The van der Waals surface area contributed by atoms with Crippen LogP contribution in [0.5, 0.6) is 0 Å². The third-order valence-corrected chi connectivity index (χ3v) is 5.15. The first-order valence-electron chi connectivity index (χ1n) is 10.4. The molecule has 1 N–H and O–H groups in total. The van der Waals surface area contributed by atoms with Gasteiger partial charge in [0, 0.05) is 11.1 Å². The second-order valence-corrected chi connectivity index (χ2v) is 9.89. The SMILES string of the molecule is CC(C)(C)c1ccc(C[NH+](Cc2ccccc2)Cc2nnnn2C(C)(C)C)cc1. The number of aromatic nitrogens is 4. The smallest absolute Gasteiger partial charge is 0.206 e. The van der Waals surface area contributed by atoms with Crippen molar-refractivity contribution in [1.82, 2.24) is 20.2 Å². The van der Waals surface area contributed by atoms with Gasteiger partial charge in [-0.2, -0.15) is 0 Å². The van der Waals surface area contributed by atoms with E-state index >= 15 is 0 Å². The molecule has 1 unspecified atom stereocenters. The average Bonchev–Trinajstić information content (AvgIpc) is 3.11. The van der Waals surface area contributed by atoms with E-state index in [-0.39, 0.29) is 11.0 Å². The van der Waals surface area contributed by atoms with Crippen molar-refractivity contribution >= 4 is 0 Å². The van der Waals surface area contributed by atoms with Crippen molar-refractivity contribution in [2.24, 2.45) is 0 Å². The van der Waals surface area contributed by atoms with Crippen LogP contribution in [0.25, 0.3) is 0 Å². The lowest BCUT2D eigenvalue weighted by Gasteiger charge is -2.24. The molecule has 1 atom stereocenters. The lowest BCUT2D eigenvalue weighted by molar-refractivity contribution is -0.941. The highest BCUT2D eigenvalue weighted by atomic mass is 15.6. The lowest BCUT2D eigenvalue weighted by atomic mass is 9.87. The molecule has 0 saturated carbocycles. The van der Waals surface area contributed by atoms with Crippen molar-refractivity contribution in [2.45, 2.75) is 72.1 Å². The zero-order valence-electron chi connectivity index (χ0n) is 18.6. The summed E-state index contributed by atoms with van der Waals surface area (Å²) in [6.45, 7) is 15.8. The molecule has 0 bridgehead atoms. The molecule has 1 heterocycles. The van der Waals surface area contributed by atoms with Crippen LogP contribution in [0.2, 0.25) is 0 Å². The predicted molar refractivity (Wildman–Crippen MR) is 116 cm³/mol. The Morgan fingerprint density at radius 3 is 1.90 bits per heavy atom. The van der Waals surface area contributed by atoms with E-state index in [2.05, 4.69) is 112 Å². The molecule has 5 nitrogen and oxygen atoms in total. The van der Waals surface area contributed by atoms with Crippen LogP contribution in [0.4, 0.5) is 0 Å². The lowest BCUT2D eigenvalue weighted by Crippen LogP contribution is -3.08. The summed E-state index contributed by atoms with van der Waals surface area (Å²) in [6, 6.07) is 19.7. The van der Waals surface area contributed by atoms with Crippen LogP contribution in [0.1, 0.15) is 64.1 Å². The van der Waals surface area contributed by atoms with Crippen molar-refractivity contribution in [1.29, 1.82) is 0 Å². The molecule has 0 aliphatic heterocycles. The van der Waals surface area contributed by atoms with Crippen molar-refractivity contribution in [2.75, 3.05) is 0 Å². The van der Waals surface area contributed by atoms with Gasteiger partial charge in [-0.15, -0.1) is 5.10 Å². The number of nitrogens with zero attached hydrogens (tertiary/aromatic N) is 4. The molecule has 0 aliphatic rings. The van der Waals surface area contributed by atoms with Gasteiger partial charge in [-0.3, -0.25) is 0 Å². The Hall–Kier alpha value is -2.53. The number of quaternary nitrogens is 1. The summed E-state index contributed by atoms with van der Waals surface area (Å²) < 4.78 is 1.95. The number of rotatable bonds is 6. The van der Waals surface area contributed by atoms with Gasteiger partial charge in [0.25, 0.3) is 0 Å². The van der Waals surface area contributed by atoms with Crippen LogP contribution in [-0.2, 0) is 30.6 Å². The van der Waals surface area contributed by atoms with Crippen LogP contribution in [0.3, 0.4) is 0 Å². The molecule has 3 rings (SSSR count). The second-order valence-electron chi connectivity index (χ2n) is 9.89. The van der Waals surface area contributed by atoms with Gasteiger partial charge in [-0.1, -0.05) is 75.4 Å². The van der Waals surface area contributed by atoms with E-state index < -0.39 is 0 Å². The summed E-state index contributed by atoms with van der Waals surface area (Å²) in [6.07, 6.45) is 0. The van der Waals surface area contributed by atoms with Gasteiger partial charge in [-0.05, 0) is 42.2 Å². The summed E-state index contributed by atoms with van der Waals surface area (Å²) in [5.74, 6) is 0.926. The van der Waals surface area contributed by atoms with Crippen LogP contribution in [0, 0.1) is 0 Å². The Bertz CT molecular complexity index is 899. The van der Waals surface area contributed by atoms with Crippen molar-refractivity contribution in [3.63, 3.8) is 0 Å². The zero-order valence-corrected chi connectivity index (χ0v) is 18.6. The van der Waals surface area contributed by atoms with Gasteiger partial charge in [0.2, 0.25) is 5.82 Å². The van der Waals surface area contributed by atoms with Crippen LogP contribution >= 0.6 is 0 Å². The fourth-order valence-electron chi connectivity index (χ4n) is 3.54. The van der Waals surface area contributed by atoms with Gasteiger partial charge in [0.05, 0.1) is 5.54 Å². The fourth-order valence-corrected chi connectivity index (χ4v) is 3.54. The van der Waals surface area contributed by atoms with Crippen LogP contribution < -0.4 is 4.90 Å². The molecule has 2 aromatic carbocycles. The first-order valence-corrected chi connectivity index (χ1v) is 10.4. The zero-order chi connectivity index (χ0) is 21.1. The Morgan fingerprint density at radius 2 is 1.34 bits per heavy atom. The third kappa shape index (κ3) is 5.73. The maximum absolute atomic E-state index is 4.33. The minimum absolute atomic E-state index is 0.134. The largest absolute Gasteiger partial charge is 0.321 e. The average molecular weight is 393 g/mol. The summed E-state index contributed by atoms with van der Waals surface area (Å²) >= 11 is 0. The van der Waals surface area contributed by atoms with Crippen molar-refractivity contribution in [3.8, 4) is 0 Å². The van der Waals surface area contributed by atoms with Gasteiger partial charge < -0.3 is 4.90 Å². The molecule has 5 heteroatoms. The Morgan fingerprint density at radius 1 is 0.759 bits per heavy atom. The van der Waals surface area contributed by atoms with E-state index in [9.17, 15) is 0 Å². The maximum Gasteiger partial charge on any atom is 0.206 e. The minimum atomic E-state index is -0.134. The van der Waals surface area contributed by atoms with Gasteiger partial charge in [0.15, 0.2) is 0 Å². The normalized spacial score (nSPS) is 13.4. The summed E-state index contributed by atoms with van der Waals surface area (Å²) in [5, 5.41) is 12.5. The highest BCUT2D eigenvalue weighted by molar-refractivity contribution is 5.27. The molecule has 0 fully saturated rings. The topological polar surface area (TPSA) is 48.0 Å². The second kappa shape index (κ2) is 8.46. The first-order chi connectivity index (χ1) is 13.6. The molecule has 0 radical (unpaired) electrons. The minimum Gasteiger partial charge on any atom is -0.321 e. The first kappa shape index (κ1) is 21.2. The number of nitrogens with one attached hydrogen (secondary N) is 1. The van der Waals surface area contributed by atoms with Gasteiger partial charge >= 0.3 is 0 Å².